The van der Waals surface area contributed by atoms with E-state index in [0.29, 0.717) is 28.6 Å². The summed E-state index contributed by atoms with van der Waals surface area (Å²) in [4.78, 5) is 18.2. The van der Waals surface area contributed by atoms with Gasteiger partial charge in [-0.05, 0) is 67.6 Å². The normalized spacial score (nSPS) is 10.9. The number of amides is 1. The molecule has 0 saturated heterocycles. The fourth-order valence-electron chi connectivity index (χ4n) is 2.81. The van der Waals surface area contributed by atoms with Crippen LogP contribution in [0, 0.1) is 0 Å². The number of hydrogen-bond acceptors (Lipinski definition) is 6. The van der Waals surface area contributed by atoms with Gasteiger partial charge in [0.05, 0.1) is 22.4 Å². The van der Waals surface area contributed by atoms with Crippen molar-refractivity contribution < 1.29 is 9.53 Å². The van der Waals surface area contributed by atoms with E-state index < -0.39 is 0 Å². The molecule has 0 spiro atoms. The van der Waals surface area contributed by atoms with E-state index in [-0.39, 0.29) is 5.91 Å². The maximum atomic E-state index is 12.5. The van der Waals surface area contributed by atoms with Crippen molar-refractivity contribution in [2.45, 2.75) is 16.2 Å². The summed E-state index contributed by atoms with van der Waals surface area (Å²) in [6.45, 7) is 2.60. The first-order chi connectivity index (χ1) is 14.5. The summed E-state index contributed by atoms with van der Waals surface area (Å²) in [7, 11) is 0. The first-order valence-corrected chi connectivity index (χ1v) is 11.2. The number of nitrogens with two attached hydrogens (primary N) is 1. The van der Waals surface area contributed by atoms with Gasteiger partial charge in [-0.2, -0.15) is 0 Å². The number of aromatic nitrogens is 1. The molecule has 1 aromatic heterocycles. The molecule has 0 fully saturated rings. The van der Waals surface area contributed by atoms with E-state index >= 15 is 0 Å². The number of benzene rings is 3. The number of nitrogen functional groups attached to an aromatic ring is 1. The van der Waals surface area contributed by atoms with E-state index in [1.54, 1.807) is 41.3 Å². The van der Waals surface area contributed by atoms with Crippen molar-refractivity contribution in [1.82, 2.24) is 4.98 Å². The van der Waals surface area contributed by atoms with Crippen LogP contribution in [0.25, 0.3) is 10.2 Å². The van der Waals surface area contributed by atoms with Crippen LogP contribution in [0.15, 0.2) is 69.9 Å². The number of rotatable bonds is 6. The molecular weight excluding hydrogens is 438 g/mol. The molecule has 152 valence electrons. The predicted octanol–water partition coefficient (Wildman–Crippen LogP) is 6.33. The summed E-state index contributed by atoms with van der Waals surface area (Å²) in [6.07, 6.45) is 0. The third-order valence-corrected chi connectivity index (χ3v) is 6.55. The number of fused-ring (bicyclic) bond motifs is 1. The summed E-state index contributed by atoms with van der Waals surface area (Å²) >= 11 is 9.17. The fraction of sp³-hybridized carbons (Fsp3) is 0.0909. The Hall–Kier alpha value is -2.74. The Bertz CT molecular complexity index is 1210. The fourth-order valence-corrected chi connectivity index (χ4v) is 5.05. The molecule has 3 N–H and O–H groups in total. The van der Waals surface area contributed by atoms with Crippen LogP contribution in [-0.4, -0.2) is 17.5 Å². The zero-order chi connectivity index (χ0) is 21.1. The minimum absolute atomic E-state index is 0.299. The highest BCUT2D eigenvalue weighted by Crippen LogP contribution is 2.36. The van der Waals surface area contributed by atoms with Crippen LogP contribution in [-0.2, 0) is 0 Å². The third kappa shape index (κ3) is 4.70. The zero-order valence-corrected chi connectivity index (χ0v) is 18.4. The number of hydrogen-bond donors (Lipinski definition) is 2. The maximum Gasteiger partial charge on any atom is 0.257 e. The summed E-state index contributed by atoms with van der Waals surface area (Å²) in [5, 5.41) is 3.31. The highest BCUT2D eigenvalue weighted by molar-refractivity contribution is 8.01. The van der Waals surface area contributed by atoms with Gasteiger partial charge in [-0.1, -0.05) is 23.4 Å². The quantitative estimate of drug-likeness (QED) is 0.332. The number of thiazole rings is 1. The molecule has 1 heterocycles. The molecule has 0 radical (unpaired) electrons. The molecule has 3 aromatic carbocycles. The first-order valence-electron chi connectivity index (χ1n) is 9.19. The Balaban J connectivity index is 1.45. The molecule has 5 nitrogen and oxygen atoms in total. The van der Waals surface area contributed by atoms with Crippen molar-refractivity contribution >= 4 is 62.2 Å². The molecule has 0 aliphatic rings. The van der Waals surface area contributed by atoms with E-state index in [9.17, 15) is 4.79 Å². The van der Waals surface area contributed by atoms with Gasteiger partial charge in [-0.25, -0.2) is 4.98 Å². The number of halogens is 1. The topological polar surface area (TPSA) is 77.2 Å². The van der Waals surface area contributed by atoms with Gasteiger partial charge in [0, 0.05) is 21.3 Å². The SMILES string of the molecule is CCOc1ccc2nc(Sc3ccc(NC(=O)c4cc(Cl)ccc4N)cc3)sc2c1. The van der Waals surface area contributed by atoms with Gasteiger partial charge in [0.25, 0.3) is 5.91 Å². The van der Waals surface area contributed by atoms with E-state index in [2.05, 4.69) is 10.3 Å². The van der Waals surface area contributed by atoms with Crippen molar-refractivity contribution in [2.75, 3.05) is 17.7 Å². The Labute approximate surface area is 187 Å². The van der Waals surface area contributed by atoms with Crippen molar-refractivity contribution in [2.24, 2.45) is 0 Å². The second-order valence-electron chi connectivity index (χ2n) is 6.35. The Morgan fingerprint density at radius 2 is 1.97 bits per heavy atom. The Morgan fingerprint density at radius 3 is 2.73 bits per heavy atom. The van der Waals surface area contributed by atoms with Gasteiger partial charge in [0.2, 0.25) is 0 Å². The van der Waals surface area contributed by atoms with Crippen molar-refractivity contribution in [3.63, 3.8) is 0 Å². The second kappa shape index (κ2) is 8.95. The number of nitrogens with one attached hydrogen (secondary N) is 1. The van der Waals surface area contributed by atoms with E-state index in [1.807, 2.05) is 49.4 Å². The minimum atomic E-state index is -0.299. The Kier molecular flexibility index (Phi) is 6.13. The average molecular weight is 456 g/mol. The van der Waals surface area contributed by atoms with Gasteiger partial charge in [0.15, 0.2) is 4.34 Å². The lowest BCUT2D eigenvalue weighted by molar-refractivity contribution is 0.102. The van der Waals surface area contributed by atoms with Gasteiger partial charge in [0.1, 0.15) is 5.75 Å². The molecule has 0 atom stereocenters. The summed E-state index contributed by atoms with van der Waals surface area (Å²) in [5.41, 5.74) is 8.23. The molecule has 0 aliphatic carbocycles. The van der Waals surface area contributed by atoms with Crippen LogP contribution < -0.4 is 15.8 Å². The zero-order valence-electron chi connectivity index (χ0n) is 16.0. The monoisotopic (exact) mass is 455 g/mol. The van der Waals surface area contributed by atoms with Crippen molar-refractivity contribution in [3.05, 3.63) is 71.2 Å². The standard InChI is InChI=1S/C22H18ClN3O2S2/c1-2-28-15-6-10-19-20(12-15)30-22(26-19)29-16-7-4-14(5-8-16)25-21(27)17-11-13(23)3-9-18(17)24/h3-12H,2,24H2,1H3,(H,25,27). The molecule has 1 amide bonds. The van der Waals surface area contributed by atoms with E-state index in [1.165, 1.54) is 0 Å². The highest BCUT2D eigenvalue weighted by Gasteiger charge is 2.11. The molecular formula is C22H18ClN3O2S2. The maximum absolute atomic E-state index is 12.5. The van der Waals surface area contributed by atoms with Crippen LogP contribution >= 0.6 is 34.7 Å². The average Bonchev–Trinajstić information content (AvgIpc) is 3.13. The van der Waals surface area contributed by atoms with Gasteiger partial charge >= 0.3 is 0 Å². The number of nitrogens with zero attached hydrogens (tertiary/aromatic N) is 1. The number of carbonyl (C=O) groups is 1. The number of ether oxygens (including phenoxy) is 1. The van der Waals surface area contributed by atoms with Crippen LogP contribution in [0.1, 0.15) is 17.3 Å². The van der Waals surface area contributed by atoms with Crippen LogP contribution in [0.2, 0.25) is 5.02 Å². The smallest absolute Gasteiger partial charge is 0.257 e. The largest absolute Gasteiger partial charge is 0.494 e. The van der Waals surface area contributed by atoms with Crippen LogP contribution in [0.3, 0.4) is 0 Å². The summed E-state index contributed by atoms with van der Waals surface area (Å²) in [5.74, 6) is 0.553. The molecule has 0 bridgehead atoms. The molecule has 30 heavy (non-hydrogen) atoms. The van der Waals surface area contributed by atoms with Gasteiger partial charge in [-0.3, -0.25) is 4.79 Å². The van der Waals surface area contributed by atoms with Crippen LogP contribution in [0.5, 0.6) is 5.75 Å². The molecule has 4 aromatic rings. The molecule has 8 heteroatoms. The van der Waals surface area contributed by atoms with Gasteiger partial charge in [-0.15, -0.1) is 11.3 Å². The summed E-state index contributed by atoms with van der Waals surface area (Å²) in [6, 6.07) is 18.3. The summed E-state index contributed by atoms with van der Waals surface area (Å²) < 4.78 is 7.59. The predicted molar refractivity (Wildman–Crippen MR) is 125 cm³/mol. The third-order valence-electron chi connectivity index (χ3n) is 4.23. The van der Waals surface area contributed by atoms with E-state index in [4.69, 9.17) is 22.1 Å². The van der Waals surface area contributed by atoms with Crippen molar-refractivity contribution in [1.29, 1.82) is 0 Å². The lowest BCUT2D eigenvalue weighted by atomic mass is 10.1. The lowest BCUT2D eigenvalue weighted by Crippen LogP contribution is -2.13. The minimum Gasteiger partial charge on any atom is -0.494 e. The van der Waals surface area contributed by atoms with Crippen molar-refractivity contribution in [3.8, 4) is 5.75 Å². The number of carbonyl (C=O) groups excluding carboxylic acids is 1. The first kappa shape index (κ1) is 20.5. The van der Waals surface area contributed by atoms with Crippen LogP contribution in [0.4, 0.5) is 11.4 Å². The molecule has 0 unspecified atom stereocenters. The molecule has 4 rings (SSSR count). The lowest BCUT2D eigenvalue weighted by Gasteiger charge is -2.08. The van der Waals surface area contributed by atoms with Gasteiger partial charge < -0.3 is 15.8 Å². The van der Waals surface area contributed by atoms with E-state index in [0.717, 1.165) is 25.2 Å². The molecule has 0 saturated carbocycles. The Morgan fingerprint density at radius 1 is 1.17 bits per heavy atom. The second-order valence-corrected chi connectivity index (χ2v) is 9.14. The highest BCUT2D eigenvalue weighted by atomic mass is 35.5. The number of anilines is 2. The molecule has 0 aliphatic heterocycles.